The number of likely N-dealkylation sites (N-methyl/N-ethyl adjacent to an activating group) is 1. The van der Waals surface area contributed by atoms with Crippen molar-refractivity contribution in [1.82, 2.24) is 25.3 Å². The van der Waals surface area contributed by atoms with Crippen molar-refractivity contribution >= 4 is 28.5 Å². The first-order chi connectivity index (χ1) is 16.2. The molecule has 180 valence electrons. The number of H-pyrrole nitrogens is 1. The number of anilines is 1. The molecule has 4 rings (SSSR count). The lowest BCUT2D eigenvalue weighted by Gasteiger charge is -2.16. The Morgan fingerprint density at radius 3 is 2.68 bits per heavy atom. The predicted octanol–water partition coefficient (Wildman–Crippen LogP) is 2.78. The molecule has 0 aliphatic carbocycles. The van der Waals surface area contributed by atoms with Crippen molar-refractivity contribution in [2.45, 2.75) is 26.9 Å². The van der Waals surface area contributed by atoms with Gasteiger partial charge < -0.3 is 25.5 Å². The number of hydrogen-bond acceptors (Lipinski definition) is 6. The van der Waals surface area contributed by atoms with Crippen molar-refractivity contribution < 1.29 is 14.7 Å². The molecule has 1 aliphatic rings. The van der Waals surface area contributed by atoms with E-state index < -0.39 is 0 Å². The fourth-order valence-electron chi connectivity index (χ4n) is 4.00. The smallest absolute Gasteiger partial charge is 0.258 e. The van der Waals surface area contributed by atoms with Gasteiger partial charge in [0.05, 0.1) is 11.1 Å². The van der Waals surface area contributed by atoms with Gasteiger partial charge in [-0.1, -0.05) is 19.9 Å². The second-order valence-electron chi connectivity index (χ2n) is 9.47. The molecule has 1 aliphatic heterocycles. The van der Waals surface area contributed by atoms with Crippen molar-refractivity contribution in [3.63, 3.8) is 0 Å². The number of nitrogens with zero attached hydrogens (tertiary/aromatic N) is 3. The monoisotopic (exact) mass is 464 g/mol. The largest absolute Gasteiger partial charge is 0.507 e. The number of fused-ring (bicyclic) bond motifs is 2. The Hall–Kier alpha value is -3.59. The zero-order valence-corrected chi connectivity index (χ0v) is 20.1. The topological polar surface area (TPSA) is 114 Å². The lowest BCUT2D eigenvalue weighted by Crippen LogP contribution is -2.31. The minimum atomic E-state index is -0.261. The van der Waals surface area contributed by atoms with Crippen LogP contribution in [0.4, 0.5) is 5.82 Å². The molecule has 0 saturated carbocycles. The number of carbonyl (C=O) groups is 2. The van der Waals surface area contributed by atoms with Crippen LogP contribution >= 0.6 is 0 Å². The van der Waals surface area contributed by atoms with Crippen LogP contribution in [0.25, 0.3) is 10.9 Å². The minimum absolute atomic E-state index is 0.0894. The van der Waals surface area contributed by atoms with E-state index in [4.69, 9.17) is 0 Å². The van der Waals surface area contributed by atoms with Crippen molar-refractivity contribution in [2.24, 2.45) is 5.92 Å². The van der Waals surface area contributed by atoms with Crippen molar-refractivity contribution in [2.75, 3.05) is 39.0 Å². The Morgan fingerprint density at radius 2 is 1.94 bits per heavy atom. The van der Waals surface area contributed by atoms with Gasteiger partial charge in [-0.05, 0) is 49.3 Å². The van der Waals surface area contributed by atoms with E-state index in [1.165, 1.54) is 6.07 Å². The summed E-state index contributed by atoms with van der Waals surface area (Å²) in [6.45, 7) is 7.09. The molecule has 0 radical (unpaired) electrons. The number of aromatic hydroxyl groups is 1. The number of rotatable bonds is 8. The molecular weight excluding hydrogens is 432 g/mol. The highest BCUT2D eigenvalue weighted by molar-refractivity contribution is 6.03. The van der Waals surface area contributed by atoms with E-state index >= 15 is 0 Å². The van der Waals surface area contributed by atoms with Gasteiger partial charge in [0.15, 0.2) is 5.82 Å². The summed E-state index contributed by atoms with van der Waals surface area (Å²) in [5.41, 5.74) is 3.42. The predicted molar refractivity (Wildman–Crippen MR) is 132 cm³/mol. The van der Waals surface area contributed by atoms with Crippen LogP contribution in [0.15, 0.2) is 30.3 Å². The lowest BCUT2D eigenvalue weighted by molar-refractivity contribution is 0.0748. The maximum absolute atomic E-state index is 13.3. The van der Waals surface area contributed by atoms with Gasteiger partial charge in [0.25, 0.3) is 11.8 Å². The van der Waals surface area contributed by atoms with Crippen LogP contribution in [0.1, 0.15) is 45.7 Å². The number of phenols is 1. The van der Waals surface area contributed by atoms with E-state index in [1.54, 1.807) is 17.0 Å². The second-order valence-corrected chi connectivity index (χ2v) is 9.47. The molecule has 2 heterocycles. The standard InChI is InChI=1S/C25H32N6O3/c1-15(2)12-27-23-19-10-20(22(32)11-21(19)28-29-23)25(34)31-13-17-6-5-16(9-18(17)14-31)24(33)26-7-8-30(3)4/h5-6,9-11,15,32H,7-8,12-14H2,1-4H3,(H,26,33)(H2,27,28,29). The highest BCUT2D eigenvalue weighted by atomic mass is 16.3. The highest BCUT2D eigenvalue weighted by Crippen LogP contribution is 2.32. The summed E-state index contributed by atoms with van der Waals surface area (Å²) in [7, 11) is 3.91. The number of benzene rings is 2. The van der Waals surface area contributed by atoms with Crippen molar-refractivity contribution in [1.29, 1.82) is 0 Å². The summed E-state index contributed by atoms with van der Waals surface area (Å²) >= 11 is 0. The summed E-state index contributed by atoms with van der Waals surface area (Å²) in [6, 6.07) is 8.76. The van der Waals surface area contributed by atoms with Gasteiger partial charge >= 0.3 is 0 Å². The minimum Gasteiger partial charge on any atom is -0.507 e. The molecule has 1 aromatic heterocycles. The molecule has 0 fully saturated rings. The third kappa shape index (κ3) is 4.99. The summed E-state index contributed by atoms with van der Waals surface area (Å²) in [5.74, 6) is 0.622. The molecule has 0 saturated heterocycles. The average Bonchev–Trinajstić information content (AvgIpc) is 3.39. The number of phenolic OH excluding ortho intramolecular Hbond substituents is 1. The maximum Gasteiger partial charge on any atom is 0.258 e. The SMILES string of the molecule is CC(C)CNc1n[nH]c2cc(O)c(C(=O)N3Cc4ccc(C(=O)NCCN(C)C)cc4C3)cc12. The van der Waals surface area contributed by atoms with E-state index in [-0.39, 0.29) is 23.1 Å². The van der Waals surface area contributed by atoms with Crippen molar-refractivity contribution in [3.05, 3.63) is 52.6 Å². The van der Waals surface area contributed by atoms with Crippen LogP contribution < -0.4 is 10.6 Å². The van der Waals surface area contributed by atoms with Crippen LogP contribution in [0.3, 0.4) is 0 Å². The summed E-state index contributed by atoms with van der Waals surface area (Å²) in [4.78, 5) is 29.5. The van der Waals surface area contributed by atoms with Gasteiger partial charge in [-0.25, -0.2) is 0 Å². The van der Waals surface area contributed by atoms with E-state index in [1.807, 2.05) is 31.1 Å². The zero-order valence-electron chi connectivity index (χ0n) is 20.1. The fourth-order valence-corrected chi connectivity index (χ4v) is 4.00. The van der Waals surface area contributed by atoms with Crippen LogP contribution in [-0.4, -0.2) is 70.6 Å². The first-order valence-electron chi connectivity index (χ1n) is 11.5. The molecule has 0 atom stereocenters. The van der Waals surface area contributed by atoms with E-state index in [0.717, 1.165) is 29.6 Å². The Kier molecular flexibility index (Phi) is 6.74. The first kappa shape index (κ1) is 23.6. The Labute approximate surface area is 199 Å². The molecule has 9 heteroatoms. The highest BCUT2D eigenvalue weighted by Gasteiger charge is 2.27. The van der Waals surface area contributed by atoms with Gasteiger partial charge in [0, 0.05) is 49.7 Å². The van der Waals surface area contributed by atoms with E-state index in [2.05, 4.69) is 34.7 Å². The van der Waals surface area contributed by atoms with E-state index in [9.17, 15) is 14.7 Å². The van der Waals surface area contributed by atoms with Gasteiger partial charge in [0.2, 0.25) is 0 Å². The van der Waals surface area contributed by atoms with Gasteiger partial charge in [-0.3, -0.25) is 14.7 Å². The Balaban J connectivity index is 1.50. The molecule has 4 N–H and O–H groups in total. The van der Waals surface area contributed by atoms with Crippen LogP contribution in [0.2, 0.25) is 0 Å². The summed E-state index contributed by atoms with van der Waals surface area (Å²) in [6.07, 6.45) is 0. The third-order valence-corrected chi connectivity index (χ3v) is 5.91. The number of aromatic nitrogens is 2. The molecule has 34 heavy (non-hydrogen) atoms. The summed E-state index contributed by atoms with van der Waals surface area (Å²) < 4.78 is 0. The Bertz CT molecular complexity index is 1220. The second kappa shape index (κ2) is 9.72. The normalized spacial score (nSPS) is 13.1. The summed E-state index contributed by atoms with van der Waals surface area (Å²) in [5, 5.41) is 24.7. The van der Waals surface area contributed by atoms with Crippen LogP contribution in [-0.2, 0) is 13.1 Å². The molecule has 2 amide bonds. The first-order valence-corrected chi connectivity index (χ1v) is 11.5. The van der Waals surface area contributed by atoms with Gasteiger partial charge in [-0.15, -0.1) is 0 Å². The lowest BCUT2D eigenvalue weighted by atomic mass is 10.1. The maximum atomic E-state index is 13.3. The third-order valence-electron chi connectivity index (χ3n) is 5.91. The number of carbonyl (C=O) groups excluding carboxylic acids is 2. The zero-order chi connectivity index (χ0) is 24.4. The molecule has 0 bridgehead atoms. The van der Waals surface area contributed by atoms with Gasteiger partial charge in [0.1, 0.15) is 5.75 Å². The van der Waals surface area contributed by atoms with Crippen LogP contribution in [0.5, 0.6) is 5.75 Å². The number of nitrogens with one attached hydrogen (secondary N) is 3. The molecule has 3 aromatic rings. The van der Waals surface area contributed by atoms with E-state index in [0.29, 0.717) is 42.5 Å². The Morgan fingerprint density at radius 1 is 1.18 bits per heavy atom. The van der Waals surface area contributed by atoms with Gasteiger partial charge in [-0.2, -0.15) is 5.10 Å². The quantitative estimate of drug-likeness (QED) is 0.408. The fraction of sp³-hybridized carbons (Fsp3) is 0.400. The molecular formula is C25H32N6O3. The average molecular weight is 465 g/mol. The molecule has 0 unspecified atom stereocenters. The molecule has 2 aromatic carbocycles. The molecule has 0 spiro atoms. The number of hydrogen-bond donors (Lipinski definition) is 4. The number of aromatic amines is 1. The molecule has 9 nitrogen and oxygen atoms in total. The number of amides is 2. The van der Waals surface area contributed by atoms with Crippen LogP contribution in [0, 0.1) is 5.92 Å². The van der Waals surface area contributed by atoms with Crippen molar-refractivity contribution in [3.8, 4) is 5.75 Å².